The Balaban J connectivity index is 1.35. The van der Waals surface area contributed by atoms with E-state index in [0.717, 1.165) is 32.1 Å². The molecule has 3 aliphatic rings. The first kappa shape index (κ1) is 57.7. The van der Waals surface area contributed by atoms with Gasteiger partial charge in [0, 0.05) is 30.6 Å². The smallest absolute Gasteiger partial charge is 0.337 e. The number of carbonyl (C=O) groups is 4. The van der Waals surface area contributed by atoms with Crippen molar-refractivity contribution in [3.05, 3.63) is 164 Å². The van der Waals surface area contributed by atoms with Crippen molar-refractivity contribution in [2.75, 3.05) is 20.3 Å². The summed E-state index contributed by atoms with van der Waals surface area (Å²) >= 11 is 0. The van der Waals surface area contributed by atoms with Crippen molar-refractivity contribution in [3.8, 4) is 0 Å². The summed E-state index contributed by atoms with van der Waals surface area (Å²) in [5, 5.41) is 18.9. The molecule has 0 aliphatic carbocycles. The predicted molar refractivity (Wildman–Crippen MR) is 265 cm³/mol. The molecule has 24 heteroatoms. The molecule has 77 heavy (non-hydrogen) atoms. The topological polar surface area (TPSA) is 306 Å². The van der Waals surface area contributed by atoms with Gasteiger partial charge >= 0.3 is 23.9 Å². The maximum atomic E-state index is 14.4. The lowest BCUT2D eigenvalue weighted by Crippen LogP contribution is -2.68. The minimum atomic E-state index is -1.90. The number of aliphatic hydroxyl groups excluding tert-OH is 1. The van der Waals surface area contributed by atoms with Crippen LogP contribution in [0.3, 0.4) is 0 Å². The van der Waals surface area contributed by atoms with E-state index in [0.29, 0.717) is 11.1 Å². The van der Waals surface area contributed by atoms with E-state index in [4.69, 9.17) is 61.6 Å². The predicted octanol–water partition coefficient (Wildman–Crippen LogP) is 5.85. The van der Waals surface area contributed by atoms with Gasteiger partial charge in [0.05, 0.1) is 33.5 Å². The zero-order valence-electron chi connectivity index (χ0n) is 42.5. The molecule has 0 bridgehead atoms. The van der Waals surface area contributed by atoms with Crippen LogP contribution in [0.4, 0.5) is 0 Å². The summed E-state index contributed by atoms with van der Waals surface area (Å²) in [5.74, 6) is -3.32. The van der Waals surface area contributed by atoms with Gasteiger partial charge in [-0.3, -0.25) is 14.4 Å². The second-order valence-corrected chi connectivity index (χ2v) is 17.9. The van der Waals surface area contributed by atoms with Crippen LogP contribution in [0, 0.1) is 0 Å². The summed E-state index contributed by atoms with van der Waals surface area (Å²) in [6.07, 6.45) is -19.9. The van der Waals surface area contributed by atoms with E-state index in [2.05, 4.69) is 20.1 Å². The third kappa shape index (κ3) is 16.0. The highest BCUT2D eigenvalue weighted by molar-refractivity contribution is 5.75. The summed E-state index contributed by atoms with van der Waals surface area (Å²) in [7, 11) is 1.10. The number of hydrogen-bond donors (Lipinski definition) is 1. The van der Waals surface area contributed by atoms with Crippen LogP contribution in [0.25, 0.3) is 20.9 Å². The molecule has 0 saturated carbocycles. The monoisotopic (exact) mass is 1070 g/mol. The highest BCUT2D eigenvalue weighted by atomic mass is 16.8. The zero-order valence-corrected chi connectivity index (χ0v) is 42.5. The fourth-order valence-corrected chi connectivity index (χ4v) is 8.94. The molecule has 3 heterocycles. The standard InChI is InChI=1S/C53H60N6O18/c1-31(60)66-29-38-42(68-25-34-17-9-5-10-18-34)44(69-26-35-19-11-6-12-20-35)41(57-59-55)52(74-38)76-47-46(70-27-36-21-13-7-14-22-36)49(71-28-37-23-15-8-16-24-37)53(77-48(47)51(64)65-4)75-43-39(30-67-32(2)61)73-50(63)40(56-58-54)45(43)72-33(3)62/h5-24,38-50,52-53,63H,25-30H2,1-4H3. The zero-order chi connectivity index (χ0) is 54.7. The molecular formula is C53H60N6O18. The van der Waals surface area contributed by atoms with Gasteiger partial charge in [-0.2, -0.15) is 0 Å². The highest BCUT2D eigenvalue weighted by Crippen LogP contribution is 2.39. The van der Waals surface area contributed by atoms with Crippen molar-refractivity contribution < 1.29 is 85.9 Å². The first-order chi connectivity index (χ1) is 37.4. The highest BCUT2D eigenvalue weighted by Gasteiger charge is 2.58. The Morgan fingerprint density at radius 3 is 1.39 bits per heavy atom. The lowest BCUT2D eigenvalue weighted by molar-refractivity contribution is -0.371. The Morgan fingerprint density at radius 2 is 0.935 bits per heavy atom. The van der Waals surface area contributed by atoms with E-state index in [1.54, 1.807) is 60.7 Å². The van der Waals surface area contributed by atoms with E-state index in [1.165, 1.54) is 6.92 Å². The minimum Gasteiger partial charge on any atom is -0.467 e. The Hall–Kier alpha value is -7.02. The quantitative estimate of drug-likeness (QED) is 0.0283. The maximum absolute atomic E-state index is 14.4. The summed E-state index contributed by atoms with van der Waals surface area (Å²) in [5.41, 5.74) is 22.7. The minimum absolute atomic E-state index is 0.0229. The van der Waals surface area contributed by atoms with Gasteiger partial charge in [-0.15, -0.1) is 0 Å². The van der Waals surface area contributed by atoms with Gasteiger partial charge in [0.15, 0.2) is 25.0 Å². The molecular weight excluding hydrogens is 1010 g/mol. The van der Waals surface area contributed by atoms with Crippen molar-refractivity contribution >= 4 is 23.9 Å². The van der Waals surface area contributed by atoms with Gasteiger partial charge in [-0.25, -0.2) is 4.79 Å². The second-order valence-electron chi connectivity index (χ2n) is 17.9. The SMILES string of the molecule is COC(=O)C1OC(OC2C(COC(C)=O)OC(O)C(N=[N+]=[N-])C2OC(C)=O)C(OCc2ccccc2)C(OCc2ccccc2)C1OC1OC(COC(C)=O)C(OCc2ccccc2)C(OCc2ccccc2)C1N=[N+]=[N-]. The van der Waals surface area contributed by atoms with Crippen LogP contribution in [0.15, 0.2) is 132 Å². The number of methoxy groups -OCH3 is 1. The first-order valence-electron chi connectivity index (χ1n) is 24.5. The number of carbonyl (C=O) groups excluding carboxylic acids is 4. The second kappa shape index (κ2) is 28.9. The van der Waals surface area contributed by atoms with Crippen LogP contribution in [-0.4, -0.2) is 141 Å². The molecule has 410 valence electrons. The molecule has 15 atom stereocenters. The molecule has 0 spiro atoms. The van der Waals surface area contributed by atoms with Gasteiger partial charge in [0.25, 0.3) is 0 Å². The van der Waals surface area contributed by atoms with Gasteiger partial charge in [0.2, 0.25) is 0 Å². The average Bonchev–Trinajstić information content (AvgIpc) is 3.48. The lowest BCUT2D eigenvalue weighted by atomic mass is 9.94. The van der Waals surface area contributed by atoms with Crippen LogP contribution in [-0.2, 0) is 107 Å². The average molecular weight is 1070 g/mol. The lowest BCUT2D eigenvalue weighted by Gasteiger charge is -2.50. The molecule has 3 fully saturated rings. The van der Waals surface area contributed by atoms with Gasteiger partial charge in [-0.1, -0.05) is 132 Å². The van der Waals surface area contributed by atoms with Crippen LogP contribution in [0.1, 0.15) is 43.0 Å². The number of ether oxygens (including phenoxy) is 13. The Labute approximate surface area is 442 Å². The molecule has 24 nitrogen and oxygen atoms in total. The van der Waals surface area contributed by atoms with E-state index in [-0.39, 0.29) is 26.4 Å². The van der Waals surface area contributed by atoms with Crippen molar-refractivity contribution in [2.24, 2.45) is 10.2 Å². The normalized spacial score (nSPS) is 28.9. The molecule has 7 rings (SSSR count). The molecule has 4 aromatic rings. The Bertz CT molecular complexity index is 2620. The number of rotatable bonds is 24. The summed E-state index contributed by atoms with van der Waals surface area (Å²) in [4.78, 5) is 57.8. The molecule has 3 saturated heterocycles. The molecule has 15 unspecified atom stereocenters. The van der Waals surface area contributed by atoms with Crippen LogP contribution in [0.5, 0.6) is 0 Å². The molecule has 1 N–H and O–H groups in total. The molecule has 0 amide bonds. The molecule has 3 aliphatic heterocycles. The number of azide groups is 2. The van der Waals surface area contributed by atoms with Crippen molar-refractivity contribution in [2.45, 2.75) is 139 Å². The number of benzene rings is 4. The number of esters is 4. The molecule has 0 aromatic heterocycles. The van der Waals surface area contributed by atoms with E-state index < -0.39 is 129 Å². The van der Waals surface area contributed by atoms with Crippen LogP contribution in [0.2, 0.25) is 0 Å². The van der Waals surface area contributed by atoms with E-state index >= 15 is 0 Å². The third-order valence-corrected chi connectivity index (χ3v) is 12.5. The van der Waals surface area contributed by atoms with Gasteiger partial charge < -0.3 is 66.7 Å². The largest absolute Gasteiger partial charge is 0.467 e. The van der Waals surface area contributed by atoms with Crippen molar-refractivity contribution in [1.29, 1.82) is 0 Å². The first-order valence-corrected chi connectivity index (χ1v) is 24.5. The van der Waals surface area contributed by atoms with Gasteiger partial charge in [0.1, 0.15) is 80.2 Å². The van der Waals surface area contributed by atoms with E-state index in [9.17, 15) is 35.3 Å². The number of aliphatic hydroxyl groups is 1. The maximum Gasteiger partial charge on any atom is 0.337 e. The summed E-state index contributed by atoms with van der Waals surface area (Å²) < 4.78 is 81.2. The number of hydrogen-bond acceptors (Lipinski definition) is 20. The molecule has 4 aromatic carbocycles. The summed E-state index contributed by atoms with van der Waals surface area (Å²) in [6.45, 7) is 2.14. The van der Waals surface area contributed by atoms with Crippen molar-refractivity contribution in [3.63, 3.8) is 0 Å². The summed E-state index contributed by atoms with van der Waals surface area (Å²) in [6, 6.07) is 33.2. The van der Waals surface area contributed by atoms with Crippen molar-refractivity contribution in [1.82, 2.24) is 0 Å². The third-order valence-electron chi connectivity index (χ3n) is 12.5. The molecule has 0 radical (unpaired) electrons. The van der Waals surface area contributed by atoms with Crippen LogP contribution < -0.4 is 0 Å². The number of nitrogens with zero attached hydrogens (tertiary/aromatic N) is 6. The fraction of sp³-hybridized carbons (Fsp3) is 0.472. The Kier molecular flexibility index (Phi) is 21.7. The van der Waals surface area contributed by atoms with E-state index in [1.807, 2.05) is 60.7 Å². The Morgan fingerprint density at radius 1 is 0.506 bits per heavy atom. The van der Waals surface area contributed by atoms with Gasteiger partial charge in [-0.05, 0) is 33.3 Å². The fourth-order valence-electron chi connectivity index (χ4n) is 8.94. The van der Waals surface area contributed by atoms with Crippen LogP contribution >= 0.6 is 0 Å².